The van der Waals surface area contributed by atoms with Gasteiger partial charge in [0, 0.05) is 15.0 Å². The summed E-state index contributed by atoms with van der Waals surface area (Å²) in [6.07, 6.45) is 0.656. The van der Waals surface area contributed by atoms with E-state index in [2.05, 4.69) is 37.2 Å². The van der Waals surface area contributed by atoms with Crippen LogP contribution >= 0.6 is 43.5 Å². The first-order valence-electron chi connectivity index (χ1n) is 6.07. The van der Waals surface area contributed by atoms with Crippen molar-refractivity contribution >= 4 is 43.5 Å². The third kappa shape index (κ3) is 3.82. The highest BCUT2D eigenvalue weighted by molar-refractivity contribution is 9.10. The predicted octanol–water partition coefficient (Wildman–Crippen LogP) is 5.51. The van der Waals surface area contributed by atoms with Crippen LogP contribution in [-0.4, -0.2) is 7.05 Å². The molecule has 2 rings (SSSR count). The lowest BCUT2D eigenvalue weighted by atomic mass is 9.99. The van der Waals surface area contributed by atoms with Crippen LogP contribution in [0.4, 0.5) is 4.39 Å². The van der Waals surface area contributed by atoms with Crippen LogP contribution in [0, 0.1) is 5.82 Å². The van der Waals surface area contributed by atoms with Crippen LogP contribution in [-0.2, 0) is 6.42 Å². The standard InChI is InChI=1S/C15H13Br2ClFN/c1-20-14(12-3-2-4-13(17)15(12)18)7-9-5-10(16)8-11(19)6-9/h2-6,8,14,20H,7H2,1H3. The lowest BCUT2D eigenvalue weighted by Gasteiger charge is -2.19. The van der Waals surface area contributed by atoms with Crippen LogP contribution in [0.25, 0.3) is 0 Å². The van der Waals surface area contributed by atoms with E-state index in [4.69, 9.17) is 11.6 Å². The first-order chi connectivity index (χ1) is 9.51. The minimum Gasteiger partial charge on any atom is -0.313 e. The van der Waals surface area contributed by atoms with E-state index in [0.29, 0.717) is 11.4 Å². The van der Waals surface area contributed by atoms with Crippen molar-refractivity contribution < 1.29 is 4.39 Å². The van der Waals surface area contributed by atoms with E-state index in [1.165, 1.54) is 6.07 Å². The molecule has 2 aromatic rings. The van der Waals surface area contributed by atoms with Crippen LogP contribution in [0.3, 0.4) is 0 Å². The number of nitrogens with one attached hydrogen (secondary N) is 1. The van der Waals surface area contributed by atoms with Crippen LogP contribution in [0.2, 0.25) is 5.02 Å². The molecule has 0 aromatic heterocycles. The van der Waals surface area contributed by atoms with Crippen molar-refractivity contribution in [2.45, 2.75) is 12.5 Å². The average Bonchev–Trinajstić information content (AvgIpc) is 2.38. The predicted molar refractivity (Wildman–Crippen MR) is 88.8 cm³/mol. The van der Waals surface area contributed by atoms with Gasteiger partial charge in [-0.1, -0.05) is 39.7 Å². The zero-order valence-corrected chi connectivity index (χ0v) is 14.7. The van der Waals surface area contributed by atoms with E-state index in [-0.39, 0.29) is 11.9 Å². The third-order valence-electron chi connectivity index (χ3n) is 3.07. The van der Waals surface area contributed by atoms with E-state index >= 15 is 0 Å². The van der Waals surface area contributed by atoms with Gasteiger partial charge in [0.2, 0.25) is 0 Å². The second kappa shape index (κ2) is 7.03. The minimum absolute atomic E-state index is 0.0219. The van der Waals surface area contributed by atoms with Gasteiger partial charge in [-0.3, -0.25) is 0 Å². The van der Waals surface area contributed by atoms with Crippen molar-refractivity contribution in [3.05, 3.63) is 67.3 Å². The van der Waals surface area contributed by atoms with Gasteiger partial charge < -0.3 is 5.32 Å². The number of benzene rings is 2. The van der Waals surface area contributed by atoms with Gasteiger partial charge in [0.25, 0.3) is 0 Å². The summed E-state index contributed by atoms with van der Waals surface area (Å²) in [5.74, 6) is -0.246. The molecule has 1 unspecified atom stereocenters. The average molecular weight is 422 g/mol. The number of halogens is 4. The maximum atomic E-state index is 13.4. The second-order valence-corrected chi connectivity index (χ2v) is 6.61. The highest BCUT2D eigenvalue weighted by Gasteiger charge is 2.15. The van der Waals surface area contributed by atoms with E-state index in [0.717, 1.165) is 20.1 Å². The number of likely N-dealkylation sites (N-methyl/N-ethyl adjacent to an activating group) is 1. The third-order valence-corrected chi connectivity index (χ3v) is 4.84. The molecule has 0 aliphatic heterocycles. The molecular weight excluding hydrogens is 408 g/mol. The monoisotopic (exact) mass is 419 g/mol. The molecule has 106 valence electrons. The Hall–Kier alpha value is -0.420. The smallest absolute Gasteiger partial charge is 0.124 e. The van der Waals surface area contributed by atoms with Crippen molar-refractivity contribution in [3.63, 3.8) is 0 Å². The maximum absolute atomic E-state index is 13.4. The molecular formula is C15H13Br2ClFN. The van der Waals surface area contributed by atoms with E-state index in [1.54, 1.807) is 6.07 Å². The Morgan fingerprint density at radius 3 is 2.65 bits per heavy atom. The quantitative estimate of drug-likeness (QED) is 0.687. The molecule has 1 N–H and O–H groups in total. The molecule has 0 aliphatic rings. The van der Waals surface area contributed by atoms with Crippen molar-refractivity contribution in [3.8, 4) is 0 Å². The Labute approximate surface area is 139 Å². The first kappa shape index (κ1) is 16.0. The van der Waals surface area contributed by atoms with Crippen molar-refractivity contribution in [1.82, 2.24) is 5.32 Å². The normalized spacial score (nSPS) is 12.4. The fraction of sp³-hybridized carbons (Fsp3) is 0.200. The Bertz CT molecular complexity index is 599. The van der Waals surface area contributed by atoms with Gasteiger partial charge >= 0.3 is 0 Å². The molecule has 2 aromatic carbocycles. The molecule has 20 heavy (non-hydrogen) atoms. The van der Waals surface area contributed by atoms with Gasteiger partial charge in [0.05, 0.1) is 5.02 Å². The fourth-order valence-corrected chi connectivity index (χ4v) is 3.27. The van der Waals surface area contributed by atoms with Crippen molar-refractivity contribution in [2.24, 2.45) is 0 Å². The van der Waals surface area contributed by atoms with Gasteiger partial charge in [-0.05, 0) is 64.8 Å². The van der Waals surface area contributed by atoms with Crippen LogP contribution < -0.4 is 5.32 Å². The number of rotatable bonds is 4. The van der Waals surface area contributed by atoms with Gasteiger partial charge in [0.1, 0.15) is 5.82 Å². The minimum atomic E-state index is -0.246. The largest absolute Gasteiger partial charge is 0.313 e. The van der Waals surface area contributed by atoms with Gasteiger partial charge in [-0.25, -0.2) is 4.39 Å². The van der Waals surface area contributed by atoms with Crippen LogP contribution in [0.1, 0.15) is 17.2 Å². The summed E-state index contributed by atoms with van der Waals surface area (Å²) in [5, 5.41) is 3.91. The van der Waals surface area contributed by atoms with Crippen molar-refractivity contribution in [1.29, 1.82) is 0 Å². The van der Waals surface area contributed by atoms with E-state index in [9.17, 15) is 4.39 Å². The van der Waals surface area contributed by atoms with Crippen molar-refractivity contribution in [2.75, 3.05) is 7.05 Å². The Morgan fingerprint density at radius 2 is 2.00 bits per heavy atom. The molecule has 0 aliphatic carbocycles. The SMILES string of the molecule is CNC(Cc1cc(F)cc(Br)c1)c1cccc(Br)c1Cl. The number of hydrogen-bond donors (Lipinski definition) is 1. The highest BCUT2D eigenvalue weighted by atomic mass is 79.9. The molecule has 0 fully saturated rings. The molecule has 0 saturated carbocycles. The Morgan fingerprint density at radius 1 is 1.25 bits per heavy atom. The summed E-state index contributed by atoms with van der Waals surface area (Å²) < 4.78 is 15.0. The summed E-state index contributed by atoms with van der Waals surface area (Å²) in [7, 11) is 1.87. The molecule has 0 saturated heterocycles. The summed E-state index contributed by atoms with van der Waals surface area (Å²) in [6, 6.07) is 10.7. The van der Waals surface area contributed by atoms with Gasteiger partial charge in [-0.2, -0.15) is 0 Å². The van der Waals surface area contributed by atoms with Crippen LogP contribution in [0.5, 0.6) is 0 Å². The lowest BCUT2D eigenvalue weighted by molar-refractivity contribution is 0.583. The van der Waals surface area contributed by atoms with E-state index in [1.807, 2.05) is 31.3 Å². The van der Waals surface area contributed by atoms with E-state index < -0.39 is 0 Å². The number of hydrogen-bond acceptors (Lipinski definition) is 1. The summed E-state index contributed by atoms with van der Waals surface area (Å²) in [6.45, 7) is 0. The Kier molecular flexibility index (Phi) is 5.61. The molecule has 0 radical (unpaired) electrons. The summed E-state index contributed by atoms with van der Waals surface area (Å²) >= 11 is 13.1. The zero-order valence-electron chi connectivity index (χ0n) is 10.8. The molecule has 0 bridgehead atoms. The molecule has 5 heteroatoms. The molecule has 0 heterocycles. The van der Waals surface area contributed by atoms with Gasteiger partial charge in [-0.15, -0.1) is 0 Å². The highest BCUT2D eigenvalue weighted by Crippen LogP contribution is 2.32. The topological polar surface area (TPSA) is 12.0 Å². The molecule has 1 nitrogen and oxygen atoms in total. The van der Waals surface area contributed by atoms with Crippen LogP contribution in [0.15, 0.2) is 45.3 Å². The lowest BCUT2D eigenvalue weighted by Crippen LogP contribution is -2.19. The fourth-order valence-electron chi connectivity index (χ4n) is 2.12. The molecule has 1 atom stereocenters. The van der Waals surface area contributed by atoms with Gasteiger partial charge in [0.15, 0.2) is 0 Å². The zero-order chi connectivity index (χ0) is 14.7. The summed E-state index contributed by atoms with van der Waals surface area (Å²) in [5.41, 5.74) is 1.90. The second-order valence-electron chi connectivity index (χ2n) is 4.47. The maximum Gasteiger partial charge on any atom is 0.124 e. The molecule has 0 spiro atoms. The first-order valence-corrected chi connectivity index (χ1v) is 8.04. The Balaban J connectivity index is 2.31. The molecule has 0 amide bonds. The summed E-state index contributed by atoms with van der Waals surface area (Å²) in [4.78, 5) is 0.